The Morgan fingerprint density at radius 2 is 1.38 bits per heavy atom. The van der Waals surface area contributed by atoms with Crippen LogP contribution in [0.3, 0.4) is 0 Å². The number of allylic oxidation sites excluding steroid dienone is 3. The number of likely N-dealkylation sites (tertiary alicyclic amines) is 2. The van der Waals surface area contributed by atoms with Crippen molar-refractivity contribution in [2.24, 2.45) is 17.8 Å². The summed E-state index contributed by atoms with van der Waals surface area (Å²) in [6, 6.07) is 19.2. The van der Waals surface area contributed by atoms with Gasteiger partial charge in [-0.25, -0.2) is 19.6 Å². The van der Waals surface area contributed by atoms with E-state index in [1.165, 1.54) is 14.2 Å². The van der Waals surface area contributed by atoms with Crippen LogP contribution in [0.1, 0.15) is 76.6 Å². The van der Waals surface area contributed by atoms with Gasteiger partial charge in [-0.05, 0) is 109 Å². The summed E-state index contributed by atoms with van der Waals surface area (Å²) in [5, 5.41) is 9.61. The smallest absolute Gasteiger partial charge is 0.407 e. The number of fused-ring (bicyclic) bond motifs is 9. The van der Waals surface area contributed by atoms with Gasteiger partial charge in [0.2, 0.25) is 5.91 Å². The summed E-state index contributed by atoms with van der Waals surface area (Å²) in [7, 11) is 2.59. The van der Waals surface area contributed by atoms with Gasteiger partial charge in [-0.3, -0.25) is 9.59 Å². The van der Waals surface area contributed by atoms with Gasteiger partial charge >= 0.3 is 12.2 Å². The number of benzene rings is 4. The van der Waals surface area contributed by atoms with Crippen molar-refractivity contribution in [1.29, 1.82) is 0 Å². The third kappa shape index (κ3) is 7.38. The van der Waals surface area contributed by atoms with Gasteiger partial charge in [0.15, 0.2) is 0 Å². The average molecular weight is 875 g/mol. The van der Waals surface area contributed by atoms with E-state index >= 15 is 0 Å². The average Bonchev–Trinajstić information content (AvgIpc) is 3.91. The van der Waals surface area contributed by atoms with Crippen molar-refractivity contribution in [1.82, 2.24) is 40.4 Å². The molecule has 2 saturated heterocycles. The Balaban J connectivity index is 0.922. The summed E-state index contributed by atoms with van der Waals surface area (Å²) >= 11 is 0. The van der Waals surface area contributed by atoms with Crippen molar-refractivity contribution in [2.45, 2.75) is 89.1 Å². The number of aromatic amines is 2. The van der Waals surface area contributed by atoms with Crippen LogP contribution in [0, 0.1) is 17.8 Å². The highest BCUT2D eigenvalue weighted by atomic mass is 16.5. The zero-order valence-electron chi connectivity index (χ0n) is 37.3. The van der Waals surface area contributed by atoms with E-state index in [0.717, 1.165) is 98.5 Å². The molecule has 2 aromatic heterocycles. The van der Waals surface area contributed by atoms with E-state index < -0.39 is 24.3 Å². The maximum Gasteiger partial charge on any atom is 0.407 e. The van der Waals surface area contributed by atoms with E-state index in [1.54, 1.807) is 12.2 Å². The summed E-state index contributed by atoms with van der Waals surface area (Å²) in [5.74, 6) is 1.73. The molecule has 2 aliphatic heterocycles. The van der Waals surface area contributed by atoms with E-state index in [-0.39, 0.29) is 47.8 Å². The van der Waals surface area contributed by atoms with Gasteiger partial charge in [-0.15, -0.1) is 0 Å². The molecule has 10 rings (SSSR count). The lowest BCUT2D eigenvalue weighted by atomic mass is 9.96. The van der Waals surface area contributed by atoms with Crippen molar-refractivity contribution in [3.05, 3.63) is 109 Å². The number of imidazole rings is 2. The fourth-order valence-corrected chi connectivity index (χ4v) is 10.9. The number of carbonyl (C=O) groups excluding carboxylic acids is 4. The Labute approximate surface area is 376 Å². The molecule has 6 aromatic rings. The molecule has 4 fully saturated rings. The zero-order chi connectivity index (χ0) is 45.3. The van der Waals surface area contributed by atoms with Crippen LogP contribution in [-0.4, -0.2) is 92.1 Å². The molecule has 14 nitrogen and oxygen atoms in total. The number of nitrogens with zero attached hydrogens (tertiary/aromatic N) is 4. The number of hydrogen-bond acceptors (Lipinski definition) is 8. The number of alkyl carbamates (subject to hydrolysis) is 2. The quantitative estimate of drug-likeness (QED) is 0.0934. The first-order valence-corrected chi connectivity index (χ1v) is 22.6. The number of aromatic nitrogens is 4. The van der Waals surface area contributed by atoms with Crippen LogP contribution in [0.5, 0.6) is 0 Å². The molecule has 8 atom stereocenters. The molecule has 14 heteroatoms. The minimum Gasteiger partial charge on any atom is -0.453 e. The SMILES string of the molecule is C=C(/C=C\C=C/C)[C@@H](NC(=O)OC)C(=O)N1[C@@H]2CC[C@@H](C2)[C@H]1c1nc2c(ccc3cc(-c4ccc5c(ccc6[nH]c([C@@H]7C[C@H]8C[C@H]8N7C(=O)[C@@H](NC(=O)OC)C(C)C)nc65)c4)ccc32)[nH]1. The second kappa shape index (κ2) is 16.5. The third-order valence-electron chi connectivity index (χ3n) is 14.2. The molecule has 0 unspecified atom stereocenters. The second-order valence-corrected chi connectivity index (χ2v) is 18.4. The van der Waals surface area contributed by atoms with Gasteiger partial charge in [0, 0.05) is 22.9 Å². The maximum absolute atomic E-state index is 14.4. The lowest BCUT2D eigenvalue weighted by molar-refractivity contribution is -0.137. The molecule has 4 amide bonds. The molecule has 2 saturated carbocycles. The molecule has 4 aliphatic rings. The fourth-order valence-electron chi connectivity index (χ4n) is 10.9. The molecule has 0 spiro atoms. The molecule has 2 bridgehead atoms. The molecule has 4 N–H and O–H groups in total. The number of amides is 4. The summed E-state index contributed by atoms with van der Waals surface area (Å²) < 4.78 is 9.74. The number of nitrogens with one attached hydrogen (secondary N) is 4. The first kappa shape index (κ1) is 42.0. The Bertz CT molecular complexity index is 2980. The van der Waals surface area contributed by atoms with Crippen LogP contribution in [0.4, 0.5) is 9.59 Å². The highest BCUT2D eigenvalue weighted by Gasteiger charge is 2.56. The summed E-state index contributed by atoms with van der Waals surface area (Å²) in [6.45, 7) is 9.90. The first-order valence-electron chi connectivity index (χ1n) is 22.6. The number of carbonyl (C=O) groups is 4. The predicted molar refractivity (Wildman–Crippen MR) is 250 cm³/mol. The molecular formula is C51H54N8O6. The van der Waals surface area contributed by atoms with E-state index in [0.29, 0.717) is 11.5 Å². The van der Waals surface area contributed by atoms with Crippen LogP contribution in [0.25, 0.3) is 54.7 Å². The van der Waals surface area contributed by atoms with Crippen LogP contribution < -0.4 is 10.6 Å². The van der Waals surface area contributed by atoms with Gasteiger partial charge in [0.05, 0.1) is 48.4 Å². The molecule has 4 heterocycles. The summed E-state index contributed by atoms with van der Waals surface area (Å²) in [5.41, 5.74) is 6.10. The van der Waals surface area contributed by atoms with Gasteiger partial charge < -0.3 is 39.9 Å². The number of piperidine rings is 2. The lowest BCUT2D eigenvalue weighted by Crippen LogP contribution is -2.52. The number of H-pyrrole nitrogens is 2. The van der Waals surface area contributed by atoms with Gasteiger partial charge in [0.1, 0.15) is 23.7 Å². The van der Waals surface area contributed by atoms with Crippen LogP contribution >= 0.6 is 0 Å². The molecule has 0 radical (unpaired) electrons. The molecule has 2 aliphatic carbocycles. The van der Waals surface area contributed by atoms with Crippen molar-refractivity contribution in [2.75, 3.05) is 14.2 Å². The topological polar surface area (TPSA) is 175 Å². The Hall–Kier alpha value is -6.96. The van der Waals surface area contributed by atoms with Gasteiger partial charge in [-0.1, -0.05) is 81.1 Å². The van der Waals surface area contributed by atoms with Crippen LogP contribution in [0.15, 0.2) is 97.1 Å². The van der Waals surface area contributed by atoms with Gasteiger partial charge in [0.25, 0.3) is 5.91 Å². The molecular weight excluding hydrogens is 821 g/mol. The third-order valence-corrected chi connectivity index (χ3v) is 14.2. The summed E-state index contributed by atoms with van der Waals surface area (Å²) in [4.78, 5) is 74.4. The molecule has 65 heavy (non-hydrogen) atoms. The minimum atomic E-state index is -0.986. The Kier molecular flexibility index (Phi) is 10.7. The number of rotatable bonds is 11. The second-order valence-electron chi connectivity index (χ2n) is 18.4. The molecule has 4 aromatic carbocycles. The highest BCUT2D eigenvalue weighted by Crippen LogP contribution is 2.54. The minimum absolute atomic E-state index is 0.0343. The van der Waals surface area contributed by atoms with Crippen LogP contribution in [-0.2, 0) is 19.1 Å². The van der Waals surface area contributed by atoms with E-state index in [2.05, 4.69) is 87.8 Å². The van der Waals surface area contributed by atoms with E-state index in [4.69, 9.17) is 19.4 Å². The van der Waals surface area contributed by atoms with Crippen molar-refractivity contribution in [3.8, 4) is 11.1 Å². The first-order chi connectivity index (χ1) is 31.5. The van der Waals surface area contributed by atoms with Crippen LogP contribution in [0.2, 0.25) is 0 Å². The van der Waals surface area contributed by atoms with Crippen molar-refractivity contribution in [3.63, 3.8) is 0 Å². The van der Waals surface area contributed by atoms with E-state index in [9.17, 15) is 19.2 Å². The van der Waals surface area contributed by atoms with Crippen molar-refractivity contribution < 1.29 is 28.7 Å². The number of ether oxygens (including phenoxy) is 2. The molecule has 334 valence electrons. The largest absolute Gasteiger partial charge is 0.453 e. The normalized spacial score (nSPS) is 23.3. The summed E-state index contributed by atoms with van der Waals surface area (Å²) in [6.07, 6.45) is 10.5. The zero-order valence-corrected chi connectivity index (χ0v) is 37.3. The lowest BCUT2D eigenvalue weighted by Gasteiger charge is -2.36. The van der Waals surface area contributed by atoms with E-state index in [1.807, 2.05) is 42.7 Å². The van der Waals surface area contributed by atoms with Crippen molar-refractivity contribution >= 4 is 67.6 Å². The van der Waals surface area contributed by atoms with Gasteiger partial charge in [-0.2, -0.15) is 0 Å². The highest BCUT2D eigenvalue weighted by molar-refractivity contribution is 6.07. The standard InChI is InChI=1S/C51H54N8O6/c1-7-8-9-10-27(4)42(57-51(63)65-6)49(61)58-34-16-11-32(23-34)45(58)47-53-38-20-15-31-22-29(13-18-36(31)44(38)55-47)28-12-17-35-30(21-28)14-19-37-43(35)54-46(52-37)40-25-33-24-39(33)59(40)48(60)41(26(2)3)56-50(62)64-5/h7-10,12-15,17-22,26,32-34,39-42,45H,4,11,16,23-25H2,1-3,5-6H3,(H,52,54)(H,53,55)(H,56,62)(H,57,63)/b8-7-,10-9-/t32-,33+,34+,39+,40-,41-,42+,45-/m0/s1. The number of methoxy groups -OCH3 is 2. The Morgan fingerprint density at radius 3 is 2.02 bits per heavy atom. The predicted octanol–water partition coefficient (Wildman–Crippen LogP) is 8.92. The number of hydrogen-bond donors (Lipinski definition) is 4. The fraction of sp³-hybridized carbons (Fsp3) is 0.373. The monoisotopic (exact) mass is 874 g/mol. The maximum atomic E-state index is 14.4. The Morgan fingerprint density at radius 1 is 0.754 bits per heavy atom.